The van der Waals surface area contributed by atoms with Gasteiger partial charge in [0.15, 0.2) is 0 Å². The van der Waals surface area contributed by atoms with Crippen LogP contribution >= 0.6 is 0 Å². The van der Waals surface area contributed by atoms with E-state index in [1.165, 1.54) is 24.3 Å². The number of alkyl halides is 3. The molecular weight excluding hydrogens is 317 g/mol. The maximum Gasteiger partial charge on any atom is 0.391 e. The summed E-state index contributed by atoms with van der Waals surface area (Å²) in [5, 5.41) is 8.78. The minimum Gasteiger partial charge on any atom is -0.208 e. The number of halogens is 3. The first-order valence-electron chi connectivity index (χ1n) is 6.81. The lowest BCUT2D eigenvalue weighted by Crippen LogP contribution is -2.41. The van der Waals surface area contributed by atoms with Crippen molar-refractivity contribution in [1.82, 2.24) is 4.72 Å². The van der Waals surface area contributed by atoms with Crippen molar-refractivity contribution < 1.29 is 21.6 Å². The Morgan fingerprint density at radius 2 is 2.00 bits per heavy atom. The van der Waals surface area contributed by atoms with Gasteiger partial charge in [0.25, 0.3) is 0 Å². The SMILES string of the molecule is N#Cc1cccc(S(=O)(=O)NC2CCCC(C(F)(F)F)C2)c1. The third-order valence-corrected chi connectivity index (χ3v) is 5.25. The molecule has 1 aromatic rings. The summed E-state index contributed by atoms with van der Waals surface area (Å²) in [5.41, 5.74) is 0.180. The van der Waals surface area contributed by atoms with Crippen LogP contribution in [0, 0.1) is 17.2 Å². The summed E-state index contributed by atoms with van der Waals surface area (Å²) in [6.07, 6.45) is -3.81. The van der Waals surface area contributed by atoms with Crippen molar-refractivity contribution >= 4 is 10.0 Å². The third kappa shape index (κ3) is 3.99. The monoisotopic (exact) mass is 332 g/mol. The minimum atomic E-state index is -4.30. The molecule has 0 radical (unpaired) electrons. The van der Waals surface area contributed by atoms with E-state index >= 15 is 0 Å². The van der Waals surface area contributed by atoms with E-state index in [2.05, 4.69) is 4.72 Å². The fraction of sp³-hybridized carbons (Fsp3) is 0.500. The minimum absolute atomic E-state index is 0.0334. The molecule has 1 fully saturated rings. The number of nitrogens with zero attached hydrogens (tertiary/aromatic N) is 1. The van der Waals surface area contributed by atoms with E-state index < -0.39 is 28.2 Å². The number of nitrogens with one attached hydrogen (secondary N) is 1. The van der Waals surface area contributed by atoms with Gasteiger partial charge in [-0.25, -0.2) is 13.1 Å². The highest BCUT2D eigenvalue weighted by molar-refractivity contribution is 7.89. The molecule has 2 atom stereocenters. The second kappa shape index (κ2) is 6.26. The molecule has 120 valence electrons. The lowest BCUT2D eigenvalue weighted by atomic mass is 9.86. The Kier molecular flexibility index (Phi) is 4.78. The summed E-state index contributed by atoms with van der Waals surface area (Å²) in [6.45, 7) is 0. The van der Waals surface area contributed by atoms with E-state index in [4.69, 9.17) is 5.26 Å². The normalized spacial score (nSPS) is 23.0. The average molecular weight is 332 g/mol. The van der Waals surface area contributed by atoms with Crippen LogP contribution in [0.4, 0.5) is 13.2 Å². The Balaban J connectivity index is 2.13. The van der Waals surface area contributed by atoms with Crippen molar-refractivity contribution in [3.05, 3.63) is 29.8 Å². The molecule has 0 aromatic heterocycles. The maximum absolute atomic E-state index is 12.8. The van der Waals surface area contributed by atoms with E-state index in [9.17, 15) is 21.6 Å². The van der Waals surface area contributed by atoms with E-state index in [0.29, 0.717) is 12.8 Å². The second-order valence-electron chi connectivity index (χ2n) is 5.36. The molecule has 0 saturated heterocycles. The highest BCUT2D eigenvalue weighted by Crippen LogP contribution is 2.37. The molecule has 1 aliphatic carbocycles. The zero-order valence-corrected chi connectivity index (χ0v) is 12.4. The van der Waals surface area contributed by atoms with Gasteiger partial charge in [0.05, 0.1) is 22.4 Å². The number of sulfonamides is 1. The summed E-state index contributed by atoms with van der Waals surface area (Å²) in [6, 6.07) is 6.48. The van der Waals surface area contributed by atoms with Crippen LogP contribution in [0.1, 0.15) is 31.2 Å². The van der Waals surface area contributed by atoms with E-state index in [1.807, 2.05) is 6.07 Å². The number of rotatable bonds is 3. The summed E-state index contributed by atoms with van der Waals surface area (Å²) >= 11 is 0. The highest BCUT2D eigenvalue weighted by Gasteiger charge is 2.42. The van der Waals surface area contributed by atoms with Crippen LogP contribution in [0.2, 0.25) is 0 Å². The Labute approximate surface area is 127 Å². The predicted octanol–water partition coefficient (Wildman–Crippen LogP) is 2.96. The number of hydrogen-bond acceptors (Lipinski definition) is 3. The number of hydrogen-bond donors (Lipinski definition) is 1. The van der Waals surface area contributed by atoms with Crippen molar-refractivity contribution in [2.45, 2.75) is 42.8 Å². The molecular formula is C14H15F3N2O2S. The van der Waals surface area contributed by atoms with Crippen molar-refractivity contribution in [3.63, 3.8) is 0 Å². The van der Waals surface area contributed by atoms with Crippen LogP contribution in [0.25, 0.3) is 0 Å². The number of benzene rings is 1. The predicted molar refractivity (Wildman–Crippen MR) is 73.3 cm³/mol. The molecule has 0 bridgehead atoms. The van der Waals surface area contributed by atoms with Crippen LogP contribution in [-0.2, 0) is 10.0 Å². The van der Waals surface area contributed by atoms with Crippen LogP contribution in [0.3, 0.4) is 0 Å². The largest absolute Gasteiger partial charge is 0.391 e. The van der Waals surface area contributed by atoms with Crippen LogP contribution in [0.15, 0.2) is 29.2 Å². The molecule has 1 aromatic carbocycles. The topological polar surface area (TPSA) is 70.0 Å². The molecule has 2 unspecified atom stereocenters. The zero-order valence-electron chi connectivity index (χ0n) is 11.6. The summed E-state index contributed by atoms with van der Waals surface area (Å²) in [4.78, 5) is -0.110. The quantitative estimate of drug-likeness (QED) is 0.925. The van der Waals surface area contributed by atoms with E-state index in [1.54, 1.807) is 0 Å². The van der Waals surface area contributed by atoms with E-state index in [0.717, 1.165) is 0 Å². The van der Waals surface area contributed by atoms with Crippen molar-refractivity contribution in [3.8, 4) is 6.07 Å². The Bertz CT molecular complexity index is 680. The fourth-order valence-electron chi connectivity index (χ4n) is 2.61. The van der Waals surface area contributed by atoms with Crippen molar-refractivity contribution in [1.29, 1.82) is 5.26 Å². The van der Waals surface area contributed by atoms with Gasteiger partial charge >= 0.3 is 6.18 Å². The third-order valence-electron chi connectivity index (χ3n) is 3.73. The molecule has 0 amide bonds. The van der Waals surface area contributed by atoms with Gasteiger partial charge in [-0.2, -0.15) is 18.4 Å². The summed E-state index contributed by atoms with van der Waals surface area (Å²) in [7, 11) is -3.93. The van der Waals surface area contributed by atoms with Crippen molar-refractivity contribution in [2.75, 3.05) is 0 Å². The molecule has 1 aliphatic rings. The summed E-state index contributed by atoms with van der Waals surface area (Å²) < 4.78 is 65.0. The number of nitriles is 1. The van der Waals surface area contributed by atoms with Crippen molar-refractivity contribution in [2.24, 2.45) is 5.92 Å². The molecule has 1 N–H and O–H groups in total. The molecule has 2 rings (SSSR count). The van der Waals surface area contributed by atoms with Gasteiger partial charge in [0, 0.05) is 6.04 Å². The first-order chi connectivity index (χ1) is 10.2. The maximum atomic E-state index is 12.8. The van der Waals surface area contributed by atoms with Gasteiger partial charge in [-0.15, -0.1) is 0 Å². The summed E-state index contributed by atoms with van der Waals surface area (Å²) in [5.74, 6) is -1.47. The standard InChI is InChI=1S/C14H15F3N2O2S/c15-14(16,17)11-4-2-5-12(8-11)19-22(20,21)13-6-1-3-10(7-13)9-18/h1,3,6-7,11-12,19H,2,4-5,8H2. The van der Waals surface area contributed by atoms with Crippen LogP contribution < -0.4 is 4.72 Å². The lowest BCUT2D eigenvalue weighted by Gasteiger charge is -2.30. The first kappa shape index (κ1) is 16.8. The fourth-order valence-corrected chi connectivity index (χ4v) is 3.94. The first-order valence-corrected chi connectivity index (χ1v) is 8.30. The Hall–Kier alpha value is -1.59. The van der Waals surface area contributed by atoms with E-state index in [-0.39, 0.29) is 23.3 Å². The van der Waals surface area contributed by atoms with Gasteiger partial charge in [0.2, 0.25) is 10.0 Å². The van der Waals surface area contributed by atoms with Gasteiger partial charge in [-0.1, -0.05) is 12.5 Å². The van der Waals surface area contributed by atoms with Crippen LogP contribution in [-0.4, -0.2) is 20.6 Å². The van der Waals surface area contributed by atoms with Gasteiger partial charge in [-0.05, 0) is 37.5 Å². The molecule has 1 saturated carbocycles. The molecule has 4 nitrogen and oxygen atoms in total. The Morgan fingerprint density at radius 3 is 2.64 bits per heavy atom. The molecule has 22 heavy (non-hydrogen) atoms. The van der Waals surface area contributed by atoms with Gasteiger partial charge in [-0.3, -0.25) is 0 Å². The second-order valence-corrected chi connectivity index (χ2v) is 7.08. The van der Waals surface area contributed by atoms with Gasteiger partial charge in [0.1, 0.15) is 0 Å². The Morgan fingerprint density at radius 1 is 1.27 bits per heavy atom. The van der Waals surface area contributed by atoms with Gasteiger partial charge < -0.3 is 0 Å². The molecule has 0 heterocycles. The average Bonchev–Trinajstić information content (AvgIpc) is 2.46. The highest BCUT2D eigenvalue weighted by atomic mass is 32.2. The van der Waals surface area contributed by atoms with Crippen LogP contribution in [0.5, 0.6) is 0 Å². The molecule has 8 heteroatoms. The zero-order chi connectivity index (χ0) is 16.4. The smallest absolute Gasteiger partial charge is 0.208 e. The molecule has 0 spiro atoms. The molecule has 0 aliphatic heterocycles. The lowest BCUT2D eigenvalue weighted by molar-refractivity contribution is -0.183.